The summed E-state index contributed by atoms with van der Waals surface area (Å²) in [5.74, 6) is -0.0921. The lowest BCUT2D eigenvalue weighted by Crippen LogP contribution is -2.26. The molecule has 21 heavy (non-hydrogen) atoms. The van der Waals surface area contributed by atoms with Crippen molar-refractivity contribution in [3.05, 3.63) is 53.9 Å². The number of carbonyl (C=O) groups is 1. The molecular formula is C16H20N4O. The second-order valence-corrected chi connectivity index (χ2v) is 4.85. The first-order valence-corrected chi connectivity index (χ1v) is 6.89. The minimum atomic E-state index is -0.0921. The van der Waals surface area contributed by atoms with Gasteiger partial charge in [0.2, 0.25) is 0 Å². The van der Waals surface area contributed by atoms with Crippen molar-refractivity contribution in [2.45, 2.75) is 13.5 Å². The van der Waals surface area contributed by atoms with Gasteiger partial charge in [0.25, 0.3) is 5.91 Å². The van der Waals surface area contributed by atoms with Crippen LogP contribution in [0.4, 0.5) is 11.4 Å². The van der Waals surface area contributed by atoms with Gasteiger partial charge in [0.1, 0.15) is 0 Å². The Labute approximate surface area is 124 Å². The van der Waals surface area contributed by atoms with Crippen molar-refractivity contribution >= 4 is 17.3 Å². The molecule has 3 N–H and O–H groups in total. The van der Waals surface area contributed by atoms with Gasteiger partial charge in [-0.2, -0.15) is 0 Å². The maximum atomic E-state index is 12.1. The van der Waals surface area contributed by atoms with Crippen LogP contribution in [0.3, 0.4) is 0 Å². The first-order valence-electron chi connectivity index (χ1n) is 6.89. The molecule has 2 rings (SSSR count). The molecule has 0 atom stereocenters. The van der Waals surface area contributed by atoms with Crippen molar-refractivity contribution in [1.29, 1.82) is 0 Å². The molecule has 0 bridgehead atoms. The third-order valence-electron chi connectivity index (χ3n) is 3.16. The number of pyridine rings is 1. The number of nitrogen functional groups attached to an aromatic ring is 1. The number of hydrogen-bond acceptors (Lipinski definition) is 4. The molecule has 0 aliphatic heterocycles. The minimum absolute atomic E-state index is 0.0921. The van der Waals surface area contributed by atoms with Crippen molar-refractivity contribution in [3.63, 3.8) is 0 Å². The van der Waals surface area contributed by atoms with Gasteiger partial charge in [-0.25, -0.2) is 0 Å². The van der Waals surface area contributed by atoms with E-state index in [4.69, 9.17) is 5.73 Å². The molecule has 110 valence electrons. The summed E-state index contributed by atoms with van der Waals surface area (Å²) in [6.07, 6.45) is 3.55. The summed E-state index contributed by atoms with van der Waals surface area (Å²) in [6, 6.07) is 9.22. The summed E-state index contributed by atoms with van der Waals surface area (Å²) in [7, 11) is 1.94. The highest BCUT2D eigenvalue weighted by Gasteiger charge is 2.14. The van der Waals surface area contributed by atoms with Gasteiger partial charge in [0, 0.05) is 38.2 Å². The normalized spacial score (nSPS) is 10.2. The Kier molecular flexibility index (Phi) is 4.77. The van der Waals surface area contributed by atoms with Crippen LogP contribution in [0.15, 0.2) is 42.7 Å². The second-order valence-electron chi connectivity index (χ2n) is 4.85. The summed E-state index contributed by atoms with van der Waals surface area (Å²) in [4.78, 5) is 18.2. The number of benzene rings is 1. The number of anilines is 2. The highest BCUT2D eigenvalue weighted by molar-refractivity contribution is 6.00. The van der Waals surface area contributed by atoms with Gasteiger partial charge in [0.05, 0.1) is 11.3 Å². The molecule has 5 nitrogen and oxygen atoms in total. The molecule has 0 fully saturated rings. The van der Waals surface area contributed by atoms with Crippen LogP contribution in [-0.4, -0.2) is 24.5 Å². The van der Waals surface area contributed by atoms with Crippen molar-refractivity contribution in [1.82, 2.24) is 10.3 Å². The van der Waals surface area contributed by atoms with Gasteiger partial charge in [-0.05, 0) is 36.8 Å². The van der Waals surface area contributed by atoms with Gasteiger partial charge in [-0.15, -0.1) is 0 Å². The average molecular weight is 284 g/mol. The molecule has 0 unspecified atom stereocenters. The fraction of sp³-hybridized carbons (Fsp3) is 0.250. The molecule has 1 amide bonds. The van der Waals surface area contributed by atoms with Crippen LogP contribution in [0.1, 0.15) is 22.8 Å². The molecule has 0 spiro atoms. The van der Waals surface area contributed by atoms with Crippen LogP contribution in [0.2, 0.25) is 0 Å². The second kappa shape index (κ2) is 6.74. The zero-order chi connectivity index (χ0) is 15.2. The molecular weight excluding hydrogens is 264 g/mol. The molecule has 0 saturated heterocycles. The van der Waals surface area contributed by atoms with Gasteiger partial charge < -0.3 is 16.0 Å². The SMILES string of the molecule is CCNC(=O)c1ccc(N)cc1N(C)Cc1cccnc1. The van der Waals surface area contributed by atoms with E-state index in [-0.39, 0.29) is 5.91 Å². The Morgan fingerprint density at radius 1 is 1.38 bits per heavy atom. The predicted molar refractivity (Wildman–Crippen MR) is 85.2 cm³/mol. The number of rotatable bonds is 5. The zero-order valence-electron chi connectivity index (χ0n) is 12.3. The minimum Gasteiger partial charge on any atom is -0.399 e. The molecule has 0 saturated carbocycles. The summed E-state index contributed by atoms with van der Waals surface area (Å²) >= 11 is 0. The quantitative estimate of drug-likeness (QED) is 0.824. The van der Waals surface area contributed by atoms with Gasteiger partial charge in [0.15, 0.2) is 0 Å². The van der Waals surface area contributed by atoms with E-state index >= 15 is 0 Å². The van der Waals surface area contributed by atoms with E-state index in [2.05, 4.69) is 10.3 Å². The van der Waals surface area contributed by atoms with Crippen LogP contribution in [0.25, 0.3) is 0 Å². The fourth-order valence-electron chi connectivity index (χ4n) is 2.16. The number of nitrogens with one attached hydrogen (secondary N) is 1. The lowest BCUT2D eigenvalue weighted by atomic mass is 10.1. The van der Waals surface area contributed by atoms with Crippen molar-refractivity contribution in [3.8, 4) is 0 Å². The summed E-state index contributed by atoms with van der Waals surface area (Å²) in [5.41, 5.74) is 9.00. The van der Waals surface area contributed by atoms with Crippen LogP contribution >= 0.6 is 0 Å². The first-order chi connectivity index (χ1) is 10.1. The molecule has 5 heteroatoms. The summed E-state index contributed by atoms with van der Waals surface area (Å²) in [6.45, 7) is 3.15. The Hall–Kier alpha value is -2.56. The molecule has 2 aromatic rings. The summed E-state index contributed by atoms with van der Waals surface area (Å²) in [5, 5.41) is 2.82. The van der Waals surface area contributed by atoms with Crippen molar-refractivity contribution in [2.75, 3.05) is 24.2 Å². The van der Waals surface area contributed by atoms with Crippen LogP contribution in [0, 0.1) is 0 Å². The zero-order valence-corrected chi connectivity index (χ0v) is 12.3. The van der Waals surface area contributed by atoms with E-state index in [1.807, 2.05) is 43.3 Å². The molecule has 1 aromatic heterocycles. The lowest BCUT2D eigenvalue weighted by molar-refractivity contribution is 0.0956. The van der Waals surface area contributed by atoms with Gasteiger partial charge in [-0.3, -0.25) is 9.78 Å². The van der Waals surface area contributed by atoms with Gasteiger partial charge in [-0.1, -0.05) is 6.07 Å². The topological polar surface area (TPSA) is 71.2 Å². The molecule has 1 aromatic carbocycles. The van der Waals surface area contributed by atoms with E-state index in [1.165, 1.54) is 0 Å². The molecule has 0 aliphatic rings. The van der Waals surface area contributed by atoms with Crippen molar-refractivity contribution < 1.29 is 4.79 Å². The monoisotopic (exact) mass is 284 g/mol. The summed E-state index contributed by atoms with van der Waals surface area (Å²) < 4.78 is 0. The van der Waals surface area contributed by atoms with E-state index < -0.39 is 0 Å². The first kappa shape index (κ1) is 14.8. The highest BCUT2D eigenvalue weighted by atomic mass is 16.1. The van der Waals surface area contributed by atoms with Crippen molar-refractivity contribution in [2.24, 2.45) is 0 Å². The van der Waals surface area contributed by atoms with Gasteiger partial charge >= 0.3 is 0 Å². The number of nitrogens with two attached hydrogens (primary N) is 1. The van der Waals surface area contributed by atoms with E-state index in [0.717, 1.165) is 11.3 Å². The molecule has 1 heterocycles. The highest BCUT2D eigenvalue weighted by Crippen LogP contribution is 2.24. The molecule has 0 radical (unpaired) electrons. The smallest absolute Gasteiger partial charge is 0.253 e. The average Bonchev–Trinajstić information content (AvgIpc) is 2.48. The number of aromatic nitrogens is 1. The standard InChI is InChI=1S/C16H20N4O/c1-3-19-16(21)14-7-6-13(17)9-15(14)20(2)11-12-5-4-8-18-10-12/h4-10H,3,11,17H2,1-2H3,(H,19,21). The Morgan fingerprint density at radius 2 is 2.19 bits per heavy atom. The largest absolute Gasteiger partial charge is 0.399 e. The molecule has 0 aliphatic carbocycles. The van der Waals surface area contributed by atoms with E-state index in [0.29, 0.717) is 24.3 Å². The Bertz CT molecular complexity index is 613. The number of nitrogens with zero attached hydrogens (tertiary/aromatic N) is 2. The third-order valence-corrected chi connectivity index (χ3v) is 3.16. The van der Waals surface area contributed by atoms with E-state index in [9.17, 15) is 4.79 Å². The third kappa shape index (κ3) is 3.72. The predicted octanol–water partition coefficient (Wildman–Crippen LogP) is 2.05. The number of carbonyl (C=O) groups excluding carboxylic acids is 1. The fourth-order valence-corrected chi connectivity index (χ4v) is 2.16. The van der Waals surface area contributed by atoms with Crippen LogP contribution in [0.5, 0.6) is 0 Å². The number of hydrogen-bond donors (Lipinski definition) is 2. The maximum Gasteiger partial charge on any atom is 0.253 e. The van der Waals surface area contributed by atoms with Crippen LogP contribution < -0.4 is 16.0 Å². The number of amides is 1. The Morgan fingerprint density at radius 3 is 2.86 bits per heavy atom. The lowest BCUT2D eigenvalue weighted by Gasteiger charge is -2.22. The van der Waals surface area contributed by atoms with Crippen LogP contribution in [-0.2, 0) is 6.54 Å². The Balaban J connectivity index is 2.28. The van der Waals surface area contributed by atoms with E-state index in [1.54, 1.807) is 18.3 Å². The maximum absolute atomic E-state index is 12.1.